The topological polar surface area (TPSA) is 144 Å². The summed E-state index contributed by atoms with van der Waals surface area (Å²) in [5.41, 5.74) is 6.34. The molecule has 1 aromatic carbocycles. The van der Waals surface area contributed by atoms with E-state index in [0.717, 1.165) is 56.4 Å². The van der Waals surface area contributed by atoms with Gasteiger partial charge in [0, 0.05) is 36.8 Å². The molecule has 1 fully saturated rings. The Morgan fingerprint density at radius 2 is 1.80 bits per heavy atom. The number of benzene rings is 1. The Labute approximate surface area is 276 Å². The molecule has 2 N–H and O–H groups in total. The largest absolute Gasteiger partial charge is 0.494 e. The summed E-state index contributed by atoms with van der Waals surface area (Å²) in [6, 6.07) is 10.9. The monoisotopic (exact) mass is 657 g/mol. The van der Waals surface area contributed by atoms with Gasteiger partial charge in [-0.15, -0.1) is 9.56 Å². The van der Waals surface area contributed by atoms with Crippen molar-refractivity contribution in [1.82, 2.24) is 4.90 Å². The number of aromatic nitrogens is 1. The predicted molar refractivity (Wildman–Crippen MR) is 174 cm³/mol. The Morgan fingerprint density at radius 1 is 1.13 bits per heavy atom. The van der Waals surface area contributed by atoms with Crippen molar-refractivity contribution in [2.45, 2.75) is 77.7 Å². The van der Waals surface area contributed by atoms with E-state index in [1.165, 1.54) is 0 Å². The highest BCUT2D eigenvalue weighted by Gasteiger charge is 2.28. The quantitative estimate of drug-likeness (QED) is 0.0467. The minimum atomic E-state index is -0.943. The maximum Gasteiger partial charge on any atom is 0.425 e. The van der Waals surface area contributed by atoms with Crippen LogP contribution in [-0.2, 0) is 19.0 Å². The zero-order valence-corrected chi connectivity index (χ0v) is 27.7. The first-order chi connectivity index (χ1) is 22.1. The number of amides is 1. The van der Waals surface area contributed by atoms with Crippen LogP contribution >= 0.6 is 11.6 Å². The van der Waals surface area contributed by atoms with Crippen LogP contribution in [0.4, 0.5) is 10.5 Å². The first kappa shape index (κ1) is 36.4. The number of hydrogen-bond acceptors (Lipinski definition) is 8. The van der Waals surface area contributed by atoms with E-state index >= 15 is 0 Å². The van der Waals surface area contributed by atoms with Gasteiger partial charge in [-0.1, -0.05) is 24.4 Å². The molecule has 0 spiro atoms. The molecule has 0 bridgehead atoms. The Kier molecular flexibility index (Phi) is 14.9. The molecule has 1 amide bonds. The van der Waals surface area contributed by atoms with Gasteiger partial charge in [-0.05, 0) is 83.1 Å². The Balaban J connectivity index is 1.45. The van der Waals surface area contributed by atoms with Crippen LogP contribution in [0, 0.1) is 17.4 Å². The number of halogens is 1. The summed E-state index contributed by atoms with van der Waals surface area (Å²) >= 11 is 5.91. The van der Waals surface area contributed by atoms with Gasteiger partial charge in [-0.25, -0.2) is 4.79 Å². The fourth-order valence-corrected chi connectivity index (χ4v) is 5.12. The molecule has 1 unspecified atom stereocenters. The highest BCUT2D eigenvalue weighted by molar-refractivity contribution is 6.30. The van der Waals surface area contributed by atoms with Crippen molar-refractivity contribution in [3.05, 3.63) is 53.8 Å². The van der Waals surface area contributed by atoms with E-state index < -0.39 is 12.0 Å². The second kappa shape index (κ2) is 18.8. The lowest BCUT2D eigenvalue weighted by Crippen LogP contribution is -2.44. The SMILES string of the molecule is CC(C)(C)OC(=O)N1CCC(CCOC(OC=O)[n+]2ccc(N(CCCCCCOc3ccc(Cl)cc3)C(N)=NC#N)cc2)CC1. The lowest BCUT2D eigenvalue weighted by Gasteiger charge is -2.33. The summed E-state index contributed by atoms with van der Waals surface area (Å²) in [5.74, 6) is 1.27. The predicted octanol–water partition coefficient (Wildman–Crippen LogP) is 5.55. The van der Waals surface area contributed by atoms with Gasteiger partial charge >= 0.3 is 12.5 Å². The number of nitriles is 1. The van der Waals surface area contributed by atoms with E-state index in [9.17, 15) is 9.59 Å². The molecule has 1 aromatic heterocycles. The van der Waals surface area contributed by atoms with Crippen LogP contribution in [0.3, 0.4) is 0 Å². The van der Waals surface area contributed by atoms with Crippen LogP contribution < -0.4 is 19.9 Å². The van der Waals surface area contributed by atoms with Gasteiger partial charge in [0.1, 0.15) is 11.4 Å². The van der Waals surface area contributed by atoms with Crippen molar-refractivity contribution in [2.24, 2.45) is 16.6 Å². The number of hydrogen-bond donors (Lipinski definition) is 1. The molecule has 1 saturated heterocycles. The third kappa shape index (κ3) is 12.7. The van der Waals surface area contributed by atoms with Crippen molar-refractivity contribution < 1.29 is 33.1 Å². The summed E-state index contributed by atoms with van der Waals surface area (Å²) in [6.45, 7) is 8.76. The number of unbranched alkanes of at least 4 members (excludes halogenated alkanes) is 3. The van der Waals surface area contributed by atoms with Gasteiger partial charge in [0.05, 0.1) is 18.9 Å². The zero-order valence-electron chi connectivity index (χ0n) is 27.0. The number of aliphatic imine (C=N–C) groups is 1. The molecule has 250 valence electrons. The first-order valence-electron chi connectivity index (χ1n) is 15.7. The minimum absolute atomic E-state index is 0.0981. The van der Waals surface area contributed by atoms with Gasteiger partial charge in [0.15, 0.2) is 12.4 Å². The maximum absolute atomic E-state index is 12.3. The summed E-state index contributed by atoms with van der Waals surface area (Å²) < 4.78 is 24.0. The summed E-state index contributed by atoms with van der Waals surface area (Å²) in [5, 5.41) is 9.76. The molecule has 1 atom stereocenters. The summed E-state index contributed by atoms with van der Waals surface area (Å²) in [4.78, 5) is 30.8. The lowest BCUT2D eigenvalue weighted by molar-refractivity contribution is -0.799. The number of nitrogens with zero attached hydrogens (tertiary/aromatic N) is 5. The molecule has 2 heterocycles. The van der Waals surface area contributed by atoms with Crippen LogP contribution in [-0.4, -0.2) is 61.9 Å². The fourth-order valence-electron chi connectivity index (χ4n) is 4.99. The summed E-state index contributed by atoms with van der Waals surface area (Å²) in [7, 11) is 0. The molecule has 1 aliphatic rings. The van der Waals surface area contributed by atoms with Crippen LogP contribution in [0.5, 0.6) is 5.75 Å². The van der Waals surface area contributed by atoms with Crippen molar-refractivity contribution >= 4 is 35.8 Å². The number of piperidine rings is 1. The first-order valence-corrected chi connectivity index (χ1v) is 16.0. The molecule has 46 heavy (non-hydrogen) atoms. The smallest absolute Gasteiger partial charge is 0.425 e. The average molecular weight is 658 g/mol. The van der Waals surface area contributed by atoms with Crippen LogP contribution in [0.15, 0.2) is 53.8 Å². The van der Waals surface area contributed by atoms with Crippen molar-refractivity contribution in [2.75, 3.05) is 37.7 Å². The second-order valence-electron chi connectivity index (χ2n) is 12.1. The number of guanidine groups is 1. The molecule has 13 heteroatoms. The number of likely N-dealkylation sites (tertiary alicyclic amines) is 1. The number of carbonyl (C=O) groups is 2. The number of ether oxygens (including phenoxy) is 4. The molecule has 3 rings (SSSR count). The third-order valence-corrected chi connectivity index (χ3v) is 7.67. The Hall–Kier alpha value is -4.08. The number of anilines is 1. The van der Waals surface area contributed by atoms with E-state index in [1.807, 2.05) is 32.9 Å². The molecule has 0 aliphatic carbocycles. The van der Waals surface area contributed by atoms with Gasteiger partial charge in [0.2, 0.25) is 12.2 Å². The van der Waals surface area contributed by atoms with Gasteiger partial charge in [-0.3, -0.25) is 9.53 Å². The number of nitrogens with two attached hydrogens (primary N) is 1. The zero-order chi connectivity index (χ0) is 33.4. The van der Waals surface area contributed by atoms with Gasteiger partial charge < -0.3 is 29.7 Å². The molecular weight excluding hydrogens is 612 g/mol. The fraction of sp³-hybridized carbons (Fsp3) is 0.545. The molecule has 2 aromatic rings. The van der Waals surface area contributed by atoms with E-state index in [1.54, 1.807) is 57.2 Å². The van der Waals surface area contributed by atoms with Gasteiger partial charge in [-0.2, -0.15) is 5.26 Å². The Bertz CT molecular complexity index is 1290. The molecule has 0 saturated carbocycles. The summed E-state index contributed by atoms with van der Waals surface area (Å²) in [6.07, 6.45) is 10.1. The third-order valence-electron chi connectivity index (χ3n) is 7.41. The molecule has 0 radical (unpaired) electrons. The Morgan fingerprint density at radius 3 is 2.43 bits per heavy atom. The van der Waals surface area contributed by atoms with Crippen LogP contribution in [0.1, 0.15) is 72.1 Å². The van der Waals surface area contributed by atoms with Crippen molar-refractivity contribution in [3.63, 3.8) is 0 Å². The van der Waals surface area contributed by atoms with Gasteiger partial charge in [0.25, 0.3) is 6.47 Å². The normalized spacial score (nSPS) is 14.7. The second-order valence-corrected chi connectivity index (χ2v) is 12.5. The lowest BCUT2D eigenvalue weighted by atomic mass is 9.94. The molecule has 1 aliphatic heterocycles. The number of carbonyl (C=O) groups excluding carboxylic acids is 2. The van der Waals surface area contributed by atoms with Crippen LogP contribution in [0.2, 0.25) is 5.02 Å². The molecule has 12 nitrogen and oxygen atoms in total. The van der Waals surface area contributed by atoms with E-state index in [2.05, 4.69) is 4.99 Å². The van der Waals surface area contributed by atoms with Crippen molar-refractivity contribution in [3.8, 4) is 11.9 Å². The number of pyridine rings is 1. The highest BCUT2D eigenvalue weighted by atomic mass is 35.5. The van der Waals surface area contributed by atoms with E-state index in [4.69, 9.17) is 41.5 Å². The molecular formula is C33H46ClN6O6+. The minimum Gasteiger partial charge on any atom is -0.494 e. The van der Waals surface area contributed by atoms with E-state index in [0.29, 0.717) is 50.3 Å². The standard InChI is InChI=1S/C33H46ClN6O6/c1-33(2,3)46-31(42)38-18-12-26(13-19-38)16-23-44-32(45-25-41)39-20-14-28(15-21-39)40(30(36)37-24-35)17-6-4-5-7-22-43-29-10-8-27(34)9-11-29/h8-11,14-15,20-21,25-26,32H,4-7,12-13,16-19,22-23H2,1-3H3,(H2,36,37)/q+1. The number of rotatable bonds is 16. The van der Waals surface area contributed by atoms with Crippen molar-refractivity contribution in [1.29, 1.82) is 5.26 Å². The van der Waals surface area contributed by atoms with Crippen LogP contribution in [0.25, 0.3) is 0 Å². The average Bonchev–Trinajstić information content (AvgIpc) is 3.02. The van der Waals surface area contributed by atoms with E-state index in [-0.39, 0.29) is 12.1 Å². The maximum atomic E-state index is 12.3. The highest BCUT2D eigenvalue weighted by Crippen LogP contribution is 2.23.